The minimum absolute atomic E-state index is 0.137. The van der Waals surface area contributed by atoms with E-state index >= 15 is 0 Å². The van der Waals surface area contributed by atoms with Gasteiger partial charge in [0.05, 0.1) is 0 Å². The SMILES string of the molecule is CC1CC(C)CN(c2c(F)cc(CBr)cc2F)C1. The lowest BCUT2D eigenvalue weighted by Crippen LogP contribution is -2.39. The molecule has 1 heterocycles. The van der Waals surface area contributed by atoms with E-state index in [1.54, 1.807) is 0 Å². The maximum atomic E-state index is 14.0. The number of benzene rings is 1. The van der Waals surface area contributed by atoms with Gasteiger partial charge in [-0.25, -0.2) is 8.78 Å². The van der Waals surface area contributed by atoms with Crippen molar-refractivity contribution in [3.8, 4) is 0 Å². The zero-order valence-corrected chi connectivity index (χ0v) is 12.3. The van der Waals surface area contributed by atoms with Gasteiger partial charge in [0, 0.05) is 18.4 Å². The van der Waals surface area contributed by atoms with Gasteiger partial charge in [0.1, 0.15) is 17.3 Å². The van der Waals surface area contributed by atoms with Gasteiger partial charge in [0.15, 0.2) is 0 Å². The van der Waals surface area contributed by atoms with Crippen LogP contribution in [-0.4, -0.2) is 13.1 Å². The number of piperidine rings is 1. The molecule has 0 radical (unpaired) electrons. The van der Waals surface area contributed by atoms with Crippen molar-refractivity contribution in [3.05, 3.63) is 29.3 Å². The molecule has 1 nitrogen and oxygen atoms in total. The molecule has 0 aromatic heterocycles. The van der Waals surface area contributed by atoms with Crippen molar-refractivity contribution in [1.82, 2.24) is 0 Å². The minimum atomic E-state index is -0.453. The zero-order valence-electron chi connectivity index (χ0n) is 10.7. The first-order valence-corrected chi connectivity index (χ1v) is 7.42. The van der Waals surface area contributed by atoms with Crippen molar-refractivity contribution < 1.29 is 8.78 Å². The number of hydrogen-bond donors (Lipinski definition) is 0. The highest BCUT2D eigenvalue weighted by Gasteiger charge is 2.26. The molecule has 2 atom stereocenters. The molecule has 1 saturated heterocycles. The fourth-order valence-corrected chi connectivity index (χ4v) is 3.17. The van der Waals surface area contributed by atoms with Gasteiger partial charge in [-0.3, -0.25) is 0 Å². The highest BCUT2D eigenvalue weighted by molar-refractivity contribution is 9.08. The van der Waals surface area contributed by atoms with Gasteiger partial charge in [-0.05, 0) is 36.0 Å². The molecule has 1 aromatic rings. The predicted molar refractivity (Wildman–Crippen MR) is 74.1 cm³/mol. The Hall–Kier alpha value is -0.640. The fourth-order valence-electron chi connectivity index (χ4n) is 2.84. The van der Waals surface area contributed by atoms with Gasteiger partial charge in [-0.2, -0.15) is 0 Å². The first-order valence-electron chi connectivity index (χ1n) is 6.30. The van der Waals surface area contributed by atoms with Gasteiger partial charge < -0.3 is 4.90 Å². The van der Waals surface area contributed by atoms with E-state index < -0.39 is 11.6 Å². The number of halogens is 3. The average molecular weight is 318 g/mol. The van der Waals surface area contributed by atoms with Crippen molar-refractivity contribution in [2.24, 2.45) is 11.8 Å². The van der Waals surface area contributed by atoms with Crippen LogP contribution in [0.5, 0.6) is 0 Å². The van der Waals surface area contributed by atoms with E-state index in [-0.39, 0.29) is 5.69 Å². The van der Waals surface area contributed by atoms with Crippen LogP contribution in [0, 0.1) is 23.5 Å². The molecule has 4 heteroatoms. The molecular weight excluding hydrogens is 300 g/mol. The molecule has 2 rings (SSSR count). The van der Waals surface area contributed by atoms with Crippen LogP contribution in [0.2, 0.25) is 0 Å². The summed E-state index contributed by atoms with van der Waals surface area (Å²) in [4.78, 5) is 1.85. The Kier molecular flexibility index (Phi) is 4.25. The van der Waals surface area contributed by atoms with Crippen molar-refractivity contribution in [1.29, 1.82) is 0 Å². The summed E-state index contributed by atoms with van der Waals surface area (Å²) < 4.78 is 28.1. The second kappa shape index (κ2) is 5.55. The molecule has 0 N–H and O–H groups in total. The maximum Gasteiger partial charge on any atom is 0.149 e. The van der Waals surface area contributed by atoms with Crippen LogP contribution in [0.15, 0.2) is 12.1 Å². The molecule has 0 bridgehead atoms. The first kappa shape index (κ1) is 13.8. The Balaban J connectivity index is 2.32. The molecule has 1 aromatic carbocycles. The number of rotatable bonds is 2. The second-order valence-electron chi connectivity index (χ2n) is 5.39. The van der Waals surface area contributed by atoms with Crippen LogP contribution in [0.3, 0.4) is 0 Å². The van der Waals surface area contributed by atoms with E-state index in [1.807, 2.05) is 4.90 Å². The van der Waals surface area contributed by atoms with Crippen LogP contribution >= 0.6 is 15.9 Å². The largest absolute Gasteiger partial charge is 0.366 e. The quantitative estimate of drug-likeness (QED) is 0.733. The Morgan fingerprint density at radius 1 is 1.17 bits per heavy atom. The van der Waals surface area contributed by atoms with Crippen LogP contribution in [0.4, 0.5) is 14.5 Å². The third-order valence-electron chi connectivity index (χ3n) is 3.42. The third kappa shape index (κ3) is 2.85. The van der Waals surface area contributed by atoms with Gasteiger partial charge in [-0.15, -0.1) is 0 Å². The number of alkyl halides is 1. The fraction of sp³-hybridized carbons (Fsp3) is 0.571. The Morgan fingerprint density at radius 2 is 1.67 bits per heavy atom. The summed E-state index contributed by atoms with van der Waals surface area (Å²) >= 11 is 3.22. The molecule has 0 saturated carbocycles. The third-order valence-corrected chi connectivity index (χ3v) is 4.06. The van der Waals surface area contributed by atoms with E-state index in [9.17, 15) is 8.78 Å². The highest BCUT2D eigenvalue weighted by Crippen LogP contribution is 2.31. The molecule has 2 unspecified atom stereocenters. The zero-order chi connectivity index (χ0) is 13.3. The Morgan fingerprint density at radius 3 is 2.11 bits per heavy atom. The van der Waals surface area contributed by atoms with E-state index in [0.717, 1.165) is 19.5 Å². The smallest absolute Gasteiger partial charge is 0.149 e. The van der Waals surface area contributed by atoms with Crippen molar-refractivity contribution in [2.75, 3.05) is 18.0 Å². The minimum Gasteiger partial charge on any atom is -0.366 e. The van der Waals surface area contributed by atoms with E-state index in [4.69, 9.17) is 0 Å². The van der Waals surface area contributed by atoms with Gasteiger partial charge >= 0.3 is 0 Å². The molecule has 0 amide bonds. The normalized spacial score (nSPS) is 24.4. The van der Waals surface area contributed by atoms with Crippen molar-refractivity contribution in [2.45, 2.75) is 25.6 Å². The monoisotopic (exact) mass is 317 g/mol. The summed E-state index contributed by atoms with van der Waals surface area (Å²) in [5.41, 5.74) is 0.768. The topological polar surface area (TPSA) is 3.24 Å². The summed E-state index contributed by atoms with van der Waals surface area (Å²) in [7, 11) is 0. The van der Waals surface area contributed by atoms with Crippen molar-refractivity contribution >= 4 is 21.6 Å². The second-order valence-corrected chi connectivity index (χ2v) is 5.95. The maximum absolute atomic E-state index is 14.0. The van der Waals surface area contributed by atoms with Crippen LogP contribution in [-0.2, 0) is 5.33 Å². The number of nitrogens with zero attached hydrogens (tertiary/aromatic N) is 1. The van der Waals surface area contributed by atoms with E-state index in [2.05, 4.69) is 29.8 Å². The molecular formula is C14H18BrF2N. The summed E-state index contributed by atoms with van der Waals surface area (Å²) in [5, 5.41) is 0.466. The van der Waals surface area contributed by atoms with Gasteiger partial charge in [-0.1, -0.05) is 29.8 Å². The van der Waals surface area contributed by atoms with Crippen molar-refractivity contribution in [3.63, 3.8) is 0 Å². The summed E-state index contributed by atoms with van der Waals surface area (Å²) in [6.45, 7) is 5.72. The van der Waals surface area contributed by atoms with Crippen LogP contribution < -0.4 is 4.90 Å². The summed E-state index contributed by atoms with van der Waals surface area (Å²) in [6, 6.07) is 2.83. The molecule has 0 aliphatic carbocycles. The van der Waals surface area contributed by atoms with Crippen LogP contribution in [0.1, 0.15) is 25.8 Å². The summed E-state index contributed by atoms with van der Waals surface area (Å²) in [5.74, 6) is 0.0447. The average Bonchev–Trinajstić information content (AvgIpc) is 2.26. The molecule has 1 aliphatic heterocycles. The summed E-state index contributed by atoms with van der Waals surface area (Å²) in [6.07, 6.45) is 1.12. The first-order chi connectivity index (χ1) is 8.51. The molecule has 18 heavy (non-hydrogen) atoms. The Bertz CT molecular complexity index is 403. The number of anilines is 1. The standard InChI is InChI=1S/C14H18BrF2N/c1-9-3-10(2)8-18(7-9)14-12(16)4-11(6-15)5-13(14)17/h4-5,9-10H,3,6-8H2,1-2H3. The van der Waals surface area contributed by atoms with E-state index in [0.29, 0.717) is 22.7 Å². The molecule has 0 spiro atoms. The lowest BCUT2D eigenvalue weighted by molar-refractivity contribution is 0.351. The molecule has 1 aliphatic rings. The molecule has 100 valence electrons. The van der Waals surface area contributed by atoms with Gasteiger partial charge in [0.2, 0.25) is 0 Å². The van der Waals surface area contributed by atoms with Crippen LogP contribution in [0.25, 0.3) is 0 Å². The lowest BCUT2D eigenvalue weighted by Gasteiger charge is -2.36. The predicted octanol–water partition coefficient (Wildman–Crippen LogP) is 4.34. The highest BCUT2D eigenvalue weighted by atomic mass is 79.9. The van der Waals surface area contributed by atoms with Gasteiger partial charge in [0.25, 0.3) is 0 Å². The molecule has 1 fully saturated rings. The lowest BCUT2D eigenvalue weighted by atomic mass is 9.91. The Labute approximate surface area is 115 Å². The van der Waals surface area contributed by atoms with E-state index in [1.165, 1.54) is 12.1 Å². The number of hydrogen-bond acceptors (Lipinski definition) is 1.